The average molecular weight is 230 g/mol. The van der Waals surface area contributed by atoms with Crippen LogP contribution in [0.4, 0.5) is 4.39 Å². The third kappa shape index (κ3) is 1.78. The Morgan fingerprint density at radius 2 is 2.27 bits per heavy atom. The lowest BCUT2D eigenvalue weighted by atomic mass is 10.1. The van der Waals surface area contributed by atoms with E-state index in [1.807, 2.05) is 0 Å². The van der Waals surface area contributed by atoms with Crippen molar-refractivity contribution in [2.45, 2.75) is 0 Å². The van der Waals surface area contributed by atoms with Crippen LogP contribution in [0.5, 0.6) is 5.75 Å². The van der Waals surface area contributed by atoms with Crippen LogP contribution in [0.15, 0.2) is 17.8 Å². The first-order chi connectivity index (χ1) is 7.08. The minimum atomic E-state index is -0.615. The monoisotopic (exact) mass is 229 g/mol. The summed E-state index contributed by atoms with van der Waals surface area (Å²) >= 11 is 5.61. The van der Waals surface area contributed by atoms with E-state index in [4.69, 9.17) is 16.3 Å². The molecule has 0 saturated carbocycles. The molecule has 0 spiro atoms. The molecule has 1 aromatic carbocycles. The summed E-state index contributed by atoms with van der Waals surface area (Å²) in [6.07, 6.45) is 1.26. The summed E-state index contributed by atoms with van der Waals surface area (Å²) in [5.74, 6) is -0.610. The fourth-order valence-corrected chi connectivity index (χ4v) is 1.53. The topological polar surface area (TPSA) is 52.4 Å². The van der Waals surface area contributed by atoms with Crippen LogP contribution in [0.25, 0.3) is 6.08 Å². The van der Waals surface area contributed by atoms with Gasteiger partial charge in [-0.25, -0.2) is 4.39 Å². The molecule has 1 aromatic rings. The third-order valence-electron chi connectivity index (χ3n) is 1.96. The minimum absolute atomic E-state index is 0.00463. The van der Waals surface area contributed by atoms with E-state index in [0.717, 1.165) is 6.07 Å². The van der Waals surface area contributed by atoms with Crippen LogP contribution in [-0.4, -0.2) is 11.5 Å². The third-order valence-corrected chi connectivity index (χ3v) is 2.18. The maximum absolute atomic E-state index is 13.3. The molecule has 0 N–H and O–H groups in total. The zero-order valence-electron chi connectivity index (χ0n) is 7.37. The minimum Gasteiger partial charge on any atom is -0.479 e. The quantitative estimate of drug-likeness (QED) is 0.549. The number of fused-ring (bicyclic) bond motifs is 1. The Kier molecular flexibility index (Phi) is 2.32. The summed E-state index contributed by atoms with van der Waals surface area (Å²) in [6, 6.07) is 2.52. The number of hydrogen-bond acceptors (Lipinski definition) is 3. The second-order valence-corrected chi connectivity index (χ2v) is 3.42. The van der Waals surface area contributed by atoms with Gasteiger partial charge in [-0.1, -0.05) is 11.6 Å². The smallest absolute Gasteiger partial charge is 0.284 e. The normalized spacial score (nSPS) is 13.9. The number of benzene rings is 1. The van der Waals surface area contributed by atoms with Crippen molar-refractivity contribution in [1.29, 1.82) is 0 Å². The van der Waals surface area contributed by atoms with E-state index in [9.17, 15) is 14.5 Å². The predicted octanol–water partition coefficient (Wildman–Crippen LogP) is 2.49. The van der Waals surface area contributed by atoms with Crippen LogP contribution in [0.1, 0.15) is 5.56 Å². The van der Waals surface area contributed by atoms with Crippen molar-refractivity contribution < 1.29 is 14.1 Å². The van der Waals surface area contributed by atoms with Gasteiger partial charge in [-0.3, -0.25) is 10.1 Å². The van der Waals surface area contributed by atoms with Gasteiger partial charge >= 0.3 is 0 Å². The van der Waals surface area contributed by atoms with Gasteiger partial charge < -0.3 is 4.74 Å². The number of hydrogen-bond donors (Lipinski definition) is 0. The van der Waals surface area contributed by atoms with Crippen molar-refractivity contribution in [2.24, 2.45) is 0 Å². The van der Waals surface area contributed by atoms with E-state index in [1.54, 1.807) is 0 Å². The Morgan fingerprint density at radius 3 is 2.93 bits per heavy atom. The van der Waals surface area contributed by atoms with Crippen molar-refractivity contribution in [2.75, 3.05) is 6.61 Å². The van der Waals surface area contributed by atoms with Gasteiger partial charge in [0.25, 0.3) is 5.70 Å². The van der Waals surface area contributed by atoms with Gasteiger partial charge in [0.2, 0.25) is 0 Å². The fraction of sp³-hybridized carbons (Fsp3) is 0.111. The molecular weight excluding hydrogens is 225 g/mol. The molecule has 4 nitrogen and oxygen atoms in total. The summed E-state index contributed by atoms with van der Waals surface area (Å²) in [7, 11) is 0. The Labute approximate surface area is 89.1 Å². The van der Waals surface area contributed by atoms with Crippen molar-refractivity contribution in [3.8, 4) is 5.75 Å². The van der Waals surface area contributed by atoms with Gasteiger partial charge in [-0.2, -0.15) is 0 Å². The molecule has 15 heavy (non-hydrogen) atoms. The molecule has 1 aliphatic heterocycles. The van der Waals surface area contributed by atoms with Crippen LogP contribution in [0, 0.1) is 15.9 Å². The summed E-state index contributed by atoms with van der Waals surface area (Å²) in [5, 5.41) is 10.6. The molecule has 0 unspecified atom stereocenters. The average Bonchev–Trinajstić information content (AvgIpc) is 2.16. The van der Waals surface area contributed by atoms with Gasteiger partial charge in [0.1, 0.15) is 0 Å². The first kappa shape index (κ1) is 9.92. The Balaban J connectivity index is 2.54. The Bertz CT molecular complexity index is 473. The summed E-state index contributed by atoms with van der Waals surface area (Å²) in [4.78, 5) is 9.90. The molecule has 0 fully saturated rings. The lowest BCUT2D eigenvalue weighted by Gasteiger charge is -2.13. The molecule has 1 heterocycles. The molecule has 6 heteroatoms. The van der Waals surface area contributed by atoms with Crippen molar-refractivity contribution >= 4 is 17.7 Å². The standard InChI is InChI=1S/C9H5ClFNO3/c10-6-1-5-2-7(12(13)14)4-15-9(5)8(11)3-6/h1-3H,4H2. The largest absolute Gasteiger partial charge is 0.479 e. The molecule has 0 aromatic heterocycles. The Hall–Kier alpha value is -1.62. The number of ether oxygens (including phenoxy) is 1. The first-order valence-electron chi connectivity index (χ1n) is 4.05. The van der Waals surface area contributed by atoms with Gasteiger partial charge in [0, 0.05) is 16.7 Å². The van der Waals surface area contributed by atoms with Gasteiger partial charge in [-0.15, -0.1) is 0 Å². The number of halogens is 2. The Morgan fingerprint density at radius 1 is 1.53 bits per heavy atom. The fourth-order valence-electron chi connectivity index (χ4n) is 1.31. The van der Waals surface area contributed by atoms with Gasteiger partial charge in [-0.05, 0) is 12.1 Å². The van der Waals surface area contributed by atoms with Gasteiger partial charge in [0.05, 0.1) is 4.92 Å². The van der Waals surface area contributed by atoms with Crippen LogP contribution >= 0.6 is 11.6 Å². The molecular formula is C9H5ClFNO3. The van der Waals surface area contributed by atoms with E-state index in [-0.39, 0.29) is 28.6 Å². The van der Waals surface area contributed by atoms with E-state index < -0.39 is 10.7 Å². The molecule has 0 saturated heterocycles. The lowest BCUT2D eigenvalue weighted by Crippen LogP contribution is -2.14. The molecule has 0 aliphatic carbocycles. The zero-order chi connectivity index (χ0) is 11.0. The van der Waals surface area contributed by atoms with E-state index in [0.29, 0.717) is 0 Å². The number of nitrogens with zero attached hydrogens (tertiary/aromatic N) is 1. The first-order valence-corrected chi connectivity index (χ1v) is 4.42. The predicted molar refractivity (Wildman–Crippen MR) is 51.9 cm³/mol. The molecule has 0 atom stereocenters. The highest BCUT2D eigenvalue weighted by Gasteiger charge is 2.22. The highest BCUT2D eigenvalue weighted by Crippen LogP contribution is 2.32. The SMILES string of the molecule is O=[N+]([O-])C1=Cc2cc(Cl)cc(F)c2OC1. The second-order valence-electron chi connectivity index (χ2n) is 2.99. The second kappa shape index (κ2) is 3.51. The lowest BCUT2D eigenvalue weighted by molar-refractivity contribution is -0.427. The number of nitro groups is 1. The maximum atomic E-state index is 13.3. The molecule has 1 aliphatic rings. The highest BCUT2D eigenvalue weighted by molar-refractivity contribution is 6.30. The van der Waals surface area contributed by atoms with Crippen molar-refractivity contribution in [1.82, 2.24) is 0 Å². The van der Waals surface area contributed by atoms with E-state index in [2.05, 4.69) is 0 Å². The van der Waals surface area contributed by atoms with E-state index >= 15 is 0 Å². The van der Waals surface area contributed by atoms with Crippen LogP contribution < -0.4 is 4.74 Å². The molecule has 0 amide bonds. The summed E-state index contributed by atoms with van der Waals surface area (Å²) in [6.45, 7) is -0.238. The van der Waals surface area contributed by atoms with Crippen LogP contribution in [0.3, 0.4) is 0 Å². The molecule has 0 bridgehead atoms. The van der Waals surface area contributed by atoms with Crippen molar-refractivity contribution in [3.05, 3.63) is 44.3 Å². The van der Waals surface area contributed by atoms with Gasteiger partial charge in [0.15, 0.2) is 18.2 Å². The zero-order valence-corrected chi connectivity index (χ0v) is 8.12. The van der Waals surface area contributed by atoms with Crippen LogP contribution in [0.2, 0.25) is 5.02 Å². The van der Waals surface area contributed by atoms with E-state index in [1.165, 1.54) is 12.1 Å². The molecule has 78 valence electrons. The summed E-state index contributed by atoms with van der Waals surface area (Å²) in [5.41, 5.74) is 0.169. The molecule has 2 rings (SSSR count). The highest BCUT2D eigenvalue weighted by atomic mass is 35.5. The van der Waals surface area contributed by atoms with Crippen LogP contribution in [-0.2, 0) is 0 Å². The maximum Gasteiger partial charge on any atom is 0.284 e. The summed E-state index contributed by atoms with van der Waals surface area (Å²) < 4.78 is 18.2. The van der Waals surface area contributed by atoms with Crippen molar-refractivity contribution in [3.63, 3.8) is 0 Å². The number of rotatable bonds is 1. The molecule has 0 radical (unpaired) electrons.